The zero-order valence-corrected chi connectivity index (χ0v) is 13.0. The van der Waals surface area contributed by atoms with Crippen LogP contribution in [0.15, 0.2) is 47.3 Å². The predicted molar refractivity (Wildman–Crippen MR) is 87.3 cm³/mol. The second-order valence-corrected chi connectivity index (χ2v) is 6.28. The third-order valence-electron chi connectivity index (χ3n) is 3.73. The SMILES string of the molecule is CC(O)(CNCc1ccc(F)c2cccnc12)c1ccsc1. The molecule has 0 fully saturated rings. The second kappa shape index (κ2) is 6.12. The highest BCUT2D eigenvalue weighted by molar-refractivity contribution is 7.08. The van der Waals surface area contributed by atoms with Gasteiger partial charge in [-0.15, -0.1) is 0 Å². The standard InChI is InChI=1S/C17H17FN2OS/c1-17(21,13-6-8-22-10-13)11-19-9-12-4-5-15(18)14-3-2-7-20-16(12)14/h2-8,10,19,21H,9,11H2,1H3. The Balaban J connectivity index is 1.74. The van der Waals surface area contributed by atoms with Crippen LogP contribution in [0.25, 0.3) is 10.9 Å². The lowest BCUT2D eigenvalue weighted by atomic mass is 9.99. The molecule has 1 unspecified atom stereocenters. The summed E-state index contributed by atoms with van der Waals surface area (Å²) in [5.74, 6) is -0.267. The van der Waals surface area contributed by atoms with E-state index in [1.807, 2.05) is 16.8 Å². The van der Waals surface area contributed by atoms with Crippen molar-refractivity contribution in [1.29, 1.82) is 0 Å². The van der Waals surface area contributed by atoms with Gasteiger partial charge in [0.25, 0.3) is 0 Å². The predicted octanol–water partition coefficient (Wildman–Crippen LogP) is 3.43. The van der Waals surface area contributed by atoms with E-state index >= 15 is 0 Å². The summed E-state index contributed by atoms with van der Waals surface area (Å²) in [7, 11) is 0. The van der Waals surface area contributed by atoms with Gasteiger partial charge in [-0.2, -0.15) is 11.3 Å². The van der Waals surface area contributed by atoms with Gasteiger partial charge in [0.05, 0.1) is 11.1 Å². The summed E-state index contributed by atoms with van der Waals surface area (Å²) in [6.45, 7) is 2.71. The smallest absolute Gasteiger partial charge is 0.132 e. The van der Waals surface area contributed by atoms with Gasteiger partial charge in [0.2, 0.25) is 0 Å². The van der Waals surface area contributed by atoms with Gasteiger partial charge in [0.15, 0.2) is 0 Å². The zero-order chi connectivity index (χ0) is 15.6. The zero-order valence-electron chi connectivity index (χ0n) is 12.2. The first kappa shape index (κ1) is 15.1. The van der Waals surface area contributed by atoms with Crippen LogP contribution in [0.4, 0.5) is 4.39 Å². The number of fused-ring (bicyclic) bond motifs is 1. The van der Waals surface area contributed by atoms with Crippen molar-refractivity contribution < 1.29 is 9.50 Å². The Morgan fingerprint density at radius 1 is 1.32 bits per heavy atom. The molecule has 114 valence electrons. The molecule has 3 aromatic rings. The molecule has 2 heterocycles. The van der Waals surface area contributed by atoms with E-state index in [2.05, 4.69) is 10.3 Å². The Kier molecular flexibility index (Phi) is 4.20. The van der Waals surface area contributed by atoms with Gasteiger partial charge in [-0.3, -0.25) is 4.98 Å². The van der Waals surface area contributed by atoms with Gasteiger partial charge in [-0.1, -0.05) is 6.07 Å². The number of nitrogens with zero attached hydrogens (tertiary/aromatic N) is 1. The van der Waals surface area contributed by atoms with Crippen LogP contribution in [0.1, 0.15) is 18.1 Å². The molecule has 0 saturated heterocycles. The molecular formula is C17H17FN2OS. The fraction of sp³-hybridized carbons (Fsp3) is 0.235. The van der Waals surface area contributed by atoms with Gasteiger partial charge in [0.1, 0.15) is 5.82 Å². The molecule has 2 N–H and O–H groups in total. The fourth-order valence-electron chi connectivity index (χ4n) is 2.45. The third kappa shape index (κ3) is 3.02. The van der Waals surface area contributed by atoms with Crippen molar-refractivity contribution in [3.05, 3.63) is 64.2 Å². The Hall–Kier alpha value is -1.82. The molecule has 0 aliphatic heterocycles. The highest BCUT2D eigenvalue weighted by Gasteiger charge is 2.22. The molecule has 22 heavy (non-hydrogen) atoms. The molecule has 1 aromatic carbocycles. The van der Waals surface area contributed by atoms with E-state index < -0.39 is 5.60 Å². The molecule has 0 aliphatic carbocycles. The van der Waals surface area contributed by atoms with Gasteiger partial charge in [-0.05, 0) is 53.1 Å². The van der Waals surface area contributed by atoms with Crippen LogP contribution >= 0.6 is 11.3 Å². The number of aliphatic hydroxyl groups is 1. The maximum Gasteiger partial charge on any atom is 0.132 e. The van der Waals surface area contributed by atoms with Crippen LogP contribution in [0, 0.1) is 5.82 Å². The van der Waals surface area contributed by atoms with Crippen molar-refractivity contribution >= 4 is 22.2 Å². The number of nitrogens with one attached hydrogen (secondary N) is 1. The second-order valence-electron chi connectivity index (χ2n) is 5.50. The monoisotopic (exact) mass is 316 g/mol. The van der Waals surface area contributed by atoms with E-state index in [-0.39, 0.29) is 5.82 Å². The third-order valence-corrected chi connectivity index (χ3v) is 4.41. The van der Waals surface area contributed by atoms with Crippen LogP contribution in [-0.2, 0) is 12.1 Å². The molecule has 2 aromatic heterocycles. The summed E-state index contributed by atoms with van der Waals surface area (Å²) in [5.41, 5.74) is 1.54. The molecular weight excluding hydrogens is 299 g/mol. The fourth-order valence-corrected chi connectivity index (χ4v) is 3.24. The largest absolute Gasteiger partial charge is 0.384 e. The van der Waals surface area contributed by atoms with Crippen LogP contribution in [0.3, 0.4) is 0 Å². The minimum absolute atomic E-state index is 0.267. The highest BCUT2D eigenvalue weighted by Crippen LogP contribution is 2.23. The molecule has 0 spiro atoms. The van der Waals surface area contributed by atoms with Crippen molar-refractivity contribution in [3.8, 4) is 0 Å². The number of rotatable bonds is 5. The van der Waals surface area contributed by atoms with E-state index in [0.717, 1.165) is 11.1 Å². The van der Waals surface area contributed by atoms with E-state index in [9.17, 15) is 9.50 Å². The van der Waals surface area contributed by atoms with Gasteiger partial charge in [-0.25, -0.2) is 4.39 Å². The summed E-state index contributed by atoms with van der Waals surface area (Å²) in [6, 6.07) is 8.56. The first-order valence-corrected chi connectivity index (χ1v) is 8.00. The molecule has 5 heteroatoms. The lowest BCUT2D eigenvalue weighted by Crippen LogP contribution is -2.34. The summed E-state index contributed by atoms with van der Waals surface area (Å²) in [4.78, 5) is 4.27. The molecule has 1 atom stereocenters. The van der Waals surface area contributed by atoms with E-state index in [0.29, 0.717) is 24.0 Å². The average Bonchev–Trinajstić information content (AvgIpc) is 3.05. The first-order valence-electron chi connectivity index (χ1n) is 7.06. The van der Waals surface area contributed by atoms with Crippen molar-refractivity contribution in [1.82, 2.24) is 10.3 Å². The Bertz CT molecular complexity index is 771. The number of aromatic nitrogens is 1. The van der Waals surface area contributed by atoms with E-state index in [1.54, 1.807) is 42.7 Å². The van der Waals surface area contributed by atoms with Crippen LogP contribution in [0.5, 0.6) is 0 Å². The van der Waals surface area contributed by atoms with Crippen molar-refractivity contribution in [2.75, 3.05) is 6.54 Å². The average molecular weight is 316 g/mol. The molecule has 0 saturated carbocycles. The summed E-state index contributed by atoms with van der Waals surface area (Å²) >= 11 is 1.56. The molecule has 0 bridgehead atoms. The van der Waals surface area contributed by atoms with Gasteiger partial charge < -0.3 is 10.4 Å². The maximum absolute atomic E-state index is 13.8. The highest BCUT2D eigenvalue weighted by atomic mass is 32.1. The summed E-state index contributed by atoms with van der Waals surface area (Å²) in [6.07, 6.45) is 1.66. The maximum atomic E-state index is 13.8. The number of halogens is 1. The van der Waals surface area contributed by atoms with Crippen molar-refractivity contribution in [2.24, 2.45) is 0 Å². The Morgan fingerprint density at radius 2 is 2.18 bits per heavy atom. The molecule has 3 nitrogen and oxygen atoms in total. The van der Waals surface area contributed by atoms with E-state index in [1.165, 1.54) is 6.07 Å². The lowest BCUT2D eigenvalue weighted by molar-refractivity contribution is 0.0571. The number of pyridine rings is 1. The van der Waals surface area contributed by atoms with Crippen molar-refractivity contribution in [2.45, 2.75) is 19.1 Å². The number of hydrogen-bond acceptors (Lipinski definition) is 4. The summed E-state index contributed by atoms with van der Waals surface area (Å²) in [5, 5.41) is 18.1. The lowest BCUT2D eigenvalue weighted by Gasteiger charge is -2.23. The molecule has 0 aliphatic rings. The topological polar surface area (TPSA) is 45.1 Å². The number of thiophene rings is 1. The van der Waals surface area contributed by atoms with Gasteiger partial charge in [0, 0.05) is 24.7 Å². The van der Waals surface area contributed by atoms with Crippen LogP contribution in [-0.4, -0.2) is 16.6 Å². The molecule has 0 radical (unpaired) electrons. The van der Waals surface area contributed by atoms with Crippen LogP contribution < -0.4 is 5.32 Å². The minimum atomic E-state index is -0.927. The van der Waals surface area contributed by atoms with Crippen molar-refractivity contribution in [3.63, 3.8) is 0 Å². The molecule has 3 rings (SSSR count). The minimum Gasteiger partial charge on any atom is -0.384 e. The normalized spacial score (nSPS) is 14.1. The molecule has 0 amide bonds. The van der Waals surface area contributed by atoms with E-state index in [4.69, 9.17) is 0 Å². The quantitative estimate of drug-likeness (QED) is 0.758. The number of hydrogen-bond donors (Lipinski definition) is 2. The Morgan fingerprint density at radius 3 is 2.95 bits per heavy atom. The summed E-state index contributed by atoms with van der Waals surface area (Å²) < 4.78 is 13.8. The first-order chi connectivity index (χ1) is 10.6. The van der Waals surface area contributed by atoms with Gasteiger partial charge >= 0.3 is 0 Å². The Labute approximate surface area is 132 Å². The number of benzene rings is 1. The van der Waals surface area contributed by atoms with Crippen LogP contribution in [0.2, 0.25) is 0 Å².